The third kappa shape index (κ3) is 2.44. The van der Waals surface area contributed by atoms with Crippen LogP contribution in [0.25, 0.3) is 11.4 Å². The zero-order valence-electron chi connectivity index (χ0n) is 11.4. The second-order valence-corrected chi connectivity index (χ2v) is 5.20. The van der Waals surface area contributed by atoms with Gasteiger partial charge in [-0.25, -0.2) is 0 Å². The fraction of sp³-hybridized carbons (Fsp3) is 0.462. The molecule has 3 rings (SSSR count). The largest absolute Gasteiger partial charge is 0.338 e. The van der Waals surface area contributed by atoms with Gasteiger partial charge in [-0.15, -0.1) is 5.10 Å². The molecule has 0 aliphatic carbocycles. The Morgan fingerprint density at radius 1 is 1.50 bits per heavy atom. The normalized spacial score (nSPS) is 19.3. The van der Waals surface area contributed by atoms with Gasteiger partial charge < -0.3 is 15.2 Å². The van der Waals surface area contributed by atoms with Gasteiger partial charge in [-0.2, -0.15) is 4.98 Å². The van der Waals surface area contributed by atoms with Gasteiger partial charge in [-0.1, -0.05) is 0 Å². The first-order chi connectivity index (χ1) is 9.63. The van der Waals surface area contributed by atoms with Crippen LogP contribution >= 0.6 is 0 Å². The standard InChI is InChI=1S/C13H18N6O/c1-18-6-4-9(7-11(18)20)12-15-13(17-16-12)19-5-2-3-10(14)8-19/h4,6-7,10H,2-3,5,8,14H2,1H3,(H,15,16,17). The van der Waals surface area contributed by atoms with Crippen molar-refractivity contribution >= 4 is 5.95 Å². The molecule has 1 fully saturated rings. The summed E-state index contributed by atoms with van der Waals surface area (Å²) >= 11 is 0. The quantitative estimate of drug-likeness (QED) is 0.810. The van der Waals surface area contributed by atoms with Crippen molar-refractivity contribution in [3.8, 4) is 11.4 Å². The van der Waals surface area contributed by atoms with Gasteiger partial charge in [0, 0.05) is 44.0 Å². The first-order valence-corrected chi connectivity index (χ1v) is 6.73. The van der Waals surface area contributed by atoms with Crippen LogP contribution in [0.4, 0.5) is 5.95 Å². The molecule has 3 heterocycles. The number of hydrogen-bond acceptors (Lipinski definition) is 5. The molecule has 7 heteroatoms. The minimum absolute atomic E-state index is 0.0690. The Bertz CT molecular complexity index is 661. The van der Waals surface area contributed by atoms with Gasteiger partial charge in [0.1, 0.15) is 0 Å². The van der Waals surface area contributed by atoms with Crippen LogP contribution in [0, 0.1) is 0 Å². The van der Waals surface area contributed by atoms with Crippen molar-refractivity contribution in [3.05, 3.63) is 28.7 Å². The Labute approximate surface area is 116 Å². The van der Waals surface area contributed by atoms with Crippen molar-refractivity contribution < 1.29 is 0 Å². The number of nitrogens with one attached hydrogen (secondary N) is 1. The van der Waals surface area contributed by atoms with Crippen molar-refractivity contribution in [1.82, 2.24) is 19.7 Å². The molecule has 20 heavy (non-hydrogen) atoms. The minimum Gasteiger partial charge on any atom is -0.338 e. The van der Waals surface area contributed by atoms with Gasteiger partial charge >= 0.3 is 0 Å². The maximum atomic E-state index is 11.6. The summed E-state index contributed by atoms with van der Waals surface area (Å²) in [6.45, 7) is 1.69. The first kappa shape index (κ1) is 12.9. The van der Waals surface area contributed by atoms with Gasteiger partial charge in [0.25, 0.3) is 5.56 Å². The van der Waals surface area contributed by atoms with E-state index < -0.39 is 0 Å². The smallest absolute Gasteiger partial charge is 0.250 e. The molecule has 106 valence electrons. The van der Waals surface area contributed by atoms with E-state index in [1.807, 2.05) is 6.07 Å². The Hall–Kier alpha value is -2.15. The predicted octanol–water partition coefficient (Wildman–Crippen LogP) is 0.0979. The molecule has 0 saturated carbocycles. The number of piperidine rings is 1. The lowest BCUT2D eigenvalue weighted by atomic mass is 10.1. The molecule has 2 aromatic rings. The van der Waals surface area contributed by atoms with Gasteiger partial charge in [-0.3, -0.25) is 9.89 Å². The van der Waals surface area contributed by atoms with Crippen LogP contribution in [0.3, 0.4) is 0 Å². The van der Waals surface area contributed by atoms with E-state index >= 15 is 0 Å². The number of rotatable bonds is 2. The molecule has 1 unspecified atom stereocenters. The van der Waals surface area contributed by atoms with Crippen LogP contribution in [0.1, 0.15) is 12.8 Å². The fourth-order valence-electron chi connectivity index (χ4n) is 2.41. The molecule has 1 aliphatic heterocycles. The zero-order valence-corrected chi connectivity index (χ0v) is 11.4. The van der Waals surface area contributed by atoms with E-state index in [-0.39, 0.29) is 11.6 Å². The summed E-state index contributed by atoms with van der Waals surface area (Å²) < 4.78 is 1.52. The van der Waals surface area contributed by atoms with Crippen LogP contribution in [0.15, 0.2) is 23.1 Å². The molecule has 1 aliphatic rings. The van der Waals surface area contributed by atoms with Gasteiger partial charge in [0.2, 0.25) is 5.95 Å². The number of anilines is 1. The Morgan fingerprint density at radius 2 is 2.35 bits per heavy atom. The molecule has 0 radical (unpaired) electrons. The van der Waals surface area contributed by atoms with E-state index in [4.69, 9.17) is 5.73 Å². The van der Waals surface area contributed by atoms with E-state index in [1.165, 1.54) is 4.57 Å². The number of nitrogens with zero attached hydrogens (tertiary/aromatic N) is 4. The lowest BCUT2D eigenvalue weighted by molar-refractivity contribution is 0.500. The monoisotopic (exact) mass is 274 g/mol. The van der Waals surface area contributed by atoms with Gasteiger partial charge in [-0.05, 0) is 18.9 Å². The van der Waals surface area contributed by atoms with Crippen molar-refractivity contribution in [3.63, 3.8) is 0 Å². The average Bonchev–Trinajstić information content (AvgIpc) is 2.92. The first-order valence-electron chi connectivity index (χ1n) is 6.73. The van der Waals surface area contributed by atoms with Crippen LogP contribution in [0.5, 0.6) is 0 Å². The molecule has 0 spiro atoms. The van der Waals surface area contributed by atoms with Gasteiger partial charge in [0.15, 0.2) is 5.82 Å². The van der Waals surface area contributed by atoms with Crippen LogP contribution in [-0.4, -0.2) is 38.9 Å². The van der Waals surface area contributed by atoms with Crippen LogP contribution in [-0.2, 0) is 7.05 Å². The number of nitrogens with two attached hydrogens (primary N) is 1. The fourth-order valence-corrected chi connectivity index (χ4v) is 2.41. The molecule has 1 saturated heterocycles. The molecular formula is C13H18N6O. The van der Waals surface area contributed by atoms with Crippen LogP contribution < -0.4 is 16.2 Å². The second-order valence-electron chi connectivity index (χ2n) is 5.20. The average molecular weight is 274 g/mol. The highest BCUT2D eigenvalue weighted by atomic mass is 16.1. The number of aryl methyl sites for hydroxylation is 1. The van der Waals surface area contributed by atoms with Crippen molar-refractivity contribution in [2.24, 2.45) is 12.8 Å². The second kappa shape index (κ2) is 5.09. The van der Waals surface area contributed by atoms with Crippen molar-refractivity contribution in [2.45, 2.75) is 18.9 Å². The summed E-state index contributed by atoms with van der Waals surface area (Å²) in [5.74, 6) is 1.26. The van der Waals surface area contributed by atoms with Crippen molar-refractivity contribution in [1.29, 1.82) is 0 Å². The summed E-state index contributed by atoms with van der Waals surface area (Å²) in [4.78, 5) is 18.2. The maximum absolute atomic E-state index is 11.6. The highest BCUT2D eigenvalue weighted by Crippen LogP contribution is 2.18. The molecule has 0 amide bonds. The molecule has 3 N–H and O–H groups in total. The van der Waals surface area contributed by atoms with Crippen LogP contribution in [0.2, 0.25) is 0 Å². The number of aromatic nitrogens is 4. The Morgan fingerprint density at radius 3 is 3.10 bits per heavy atom. The van der Waals surface area contributed by atoms with E-state index in [2.05, 4.69) is 20.1 Å². The Balaban J connectivity index is 1.86. The minimum atomic E-state index is -0.0690. The lowest BCUT2D eigenvalue weighted by Crippen LogP contribution is -2.43. The molecule has 7 nitrogen and oxygen atoms in total. The maximum Gasteiger partial charge on any atom is 0.250 e. The summed E-state index contributed by atoms with van der Waals surface area (Å²) in [5.41, 5.74) is 6.64. The van der Waals surface area contributed by atoms with Gasteiger partial charge in [0.05, 0.1) is 0 Å². The number of pyridine rings is 1. The third-order valence-electron chi connectivity index (χ3n) is 3.59. The van der Waals surface area contributed by atoms with E-state index in [1.54, 1.807) is 19.3 Å². The molecule has 1 atom stereocenters. The van der Waals surface area contributed by atoms with Crippen molar-refractivity contribution in [2.75, 3.05) is 18.0 Å². The highest BCUT2D eigenvalue weighted by molar-refractivity contribution is 5.55. The molecular weight excluding hydrogens is 256 g/mol. The molecule has 0 aromatic carbocycles. The number of H-pyrrole nitrogens is 1. The lowest BCUT2D eigenvalue weighted by Gasteiger charge is -2.29. The predicted molar refractivity (Wildman–Crippen MR) is 76.5 cm³/mol. The summed E-state index contributed by atoms with van der Waals surface area (Å²) in [6.07, 6.45) is 3.82. The summed E-state index contributed by atoms with van der Waals surface area (Å²) in [7, 11) is 1.72. The molecule has 2 aromatic heterocycles. The SMILES string of the molecule is Cn1ccc(-c2nc(N3CCCC(N)C3)n[nH]2)cc1=O. The third-order valence-corrected chi connectivity index (χ3v) is 3.59. The topological polar surface area (TPSA) is 92.8 Å². The Kier molecular flexibility index (Phi) is 3.27. The van der Waals surface area contributed by atoms with E-state index in [9.17, 15) is 4.79 Å². The molecule has 0 bridgehead atoms. The van der Waals surface area contributed by atoms with E-state index in [0.717, 1.165) is 31.5 Å². The number of hydrogen-bond donors (Lipinski definition) is 2. The summed E-state index contributed by atoms with van der Waals surface area (Å²) in [6, 6.07) is 3.56. The highest BCUT2D eigenvalue weighted by Gasteiger charge is 2.20. The summed E-state index contributed by atoms with van der Waals surface area (Å²) in [5, 5.41) is 7.12. The number of aromatic amines is 1. The zero-order chi connectivity index (χ0) is 14.1. The van der Waals surface area contributed by atoms with E-state index in [0.29, 0.717) is 11.8 Å².